The molecule has 0 aliphatic rings. The highest BCUT2D eigenvalue weighted by atomic mass is 79.9. The van der Waals surface area contributed by atoms with E-state index in [0.29, 0.717) is 12.5 Å². The summed E-state index contributed by atoms with van der Waals surface area (Å²) in [6, 6.07) is 8.21. The summed E-state index contributed by atoms with van der Waals surface area (Å²) in [6.07, 6.45) is 3.10. The number of aliphatic hydroxyl groups is 1. The van der Waals surface area contributed by atoms with Crippen molar-refractivity contribution in [1.82, 2.24) is 10.6 Å². The highest BCUT2D eigenvalue weighted by Crippen LogP contribution is 2.11. The Hall–Kier alpha value is -1.07. The fourth-order valence-electron chi connectivity index (χ4n) is 2.28. The first-order valence-corrected chi connectivity index (χ1v) is 8.86. The number of halogens is 1. The molecular formula is C17H28BrN3O. The van der Waals surface area contributed by atoms with Crippen molar-refractivity contribution in [2.75, 3.05) is 19.7 Å². The Balaban J connectivity index is 2.55. The van der Waals surface area contributed by atoms with Gasteiger partial charge in [-0.05, 0) is 43.4 Å². The van der Waals surface area contributed by atoms with Gasteiger partial charge in [0.2, 0.25) is 0 Å². The van der Waals surface area contributed by atoms with E-state index in [1.807, 2.05) is 12.1 Å². The summed E-state index contributed by atoms with van der Waals surface area (Å²) in [5.41, 5.74) is 1.18. The van der Waals surface area contributed by atoms with E-state index >= 15 is 0 Å². The van der Waals surface area contributed by atoms with Gasteiger partial charge in [0.05, 0.1) is 6.54 Å². The third-order valence-corrected chi connectivity index (χ3v) is 4.00. The average Bonchev–Trinajstić information content (AvgIpc) is 2.52. The maximum Gasteiger partial charge on any atom is 0.191 e. The molecule has 4 nitrogen and oxygen atoms in total. The van der Waals surface area contributed by atoms with E-state index in [4.69, 9.17) is 5.11 Å². The van der Waals surface area contributed by atoms with Crippen LogP contribution in [0.25, 0.3) is 0 Å². The van der Waals surface area contributed by atoms with Crippen LogP contribution in [-0.4, -0.2) is 30.8 Å². The predicted octanol–water partition coefficient (Wildman–Crippen LogP) is 3.30. The minimum absolute atomic E-state index is 0.249. The third-order valence-electron chi connectivity index (χ3n) is 3.47. The van der Waals surface area contributed by atoms with E-state index in [0.717, 1.165) is 42.8 Å². The molecule has 0 saturated carbocycles. The molecule has 0 bridgehead atoms. The quantitative estimate of drug-likeness (QED) is 0.462. The van der Waals surface area contributed by atoms with Crippen LogP contribution in [0.1, 0.15) is 38.7 Å². The second kappa shape index (κ2) is 11.5. The number of guanidine groups is 1. The maximum absolute atomic E-state index is 9.13. The molecule has 1 unspecified atom stereocenters. The number of hydrogen-bond donors (Lipinski definition) is 3. The summed E-state index contributed by atoms with van der Waals surface area (Å²) in [7, 11) is 0. The Kier molecular flexibility index (Phi) is 9.91. The van der Waals surface area contributed by atoms with Crippen LogP contribution in [0.15, 0.2) is 33.7 Å². The lowest BCUT2D eigenvalue weighted by molar-refractivity contribution is 0.251. The molecule has 0 fully saturated rings. The van der Waals surface area contributed by atoms with Crippen LogP contribution >= 0.6 is 15.9 Å². The minimum Gasteiger partial charge on any atom is -0.396 e. The topological polar surface area (TPSA) is 56.6 Å². The number of hydrogen-bond acceptors (Lipinski definition) is 2. The van der Waals surface area contributed by atoms with Gasteiger partial charge in [0.15, 0.2) is 5.96 Å². The molecule has 0 radical (unpaired) electrons. The smallest absolute Gasteiger partial charge is 0.191 e. The number of aliphatic hydroxyl groups excluding tert-OH is 1. The van der Waals surface area contributed by atoms with Crippen molar-refractivity contribution in [2.24, 2.45) is 10.9 Å². The van der Waals surface area contributed by atoms with Gasteiger partial charge in [0.25, 0.3) is 0 Å². The zero-order valence-electron chi connectivity index (χ0n) is 13.6. The van der Waals surface area contributed by atoms with E-state index < -0.39 is 0 Å². The predicted molar refractivity (Wildman–Crippen MR) is 97.1 cm³/mol. The second-order valence-corrected chi connectivity index (χ2v) is 6.29. The zero-order valence-corrected chi connectivity index (χ0v) is 15.2. The van der Waals surface area contributed by atoms with Crippen molar-refractivity contribution in [3.05, 3.63) is 34.3 Å². The molecule has 1 atom stereocenters. The third kappa shape index (κ3) is 7.80. The van der Waals surface area contributed by atoms with Gasteiger partial charge in [-0.25, -0.2) is 4.99 Å². The standard InChI is InChI=1S/C17H28BrN3O/c1-3-5-14(10-11-22)12-20-17(19-4-2)21-13-15-6-8-16(18)9-7-15/h6-9,14,22H,3-5,10-13H2,1-2H3,(H2,19,20,21). The summed E-state index contributed by atoms with van der Waals surface area (Å²) < 4.78 is 1.08. The molecule has 1 aromatic rings. The van der Waals surface area contributed by atoms with Gasteiger partial charge in [-0.2, -0.15) is 0 Å². The molecule has 0 heterocycles. The van der Waals surface area contributed by atoms with Crippen LogP contribution in [0.5, 0.6) is 0 Å². The molecule has 0 aliphatic heterocycles. The van der Waals surface area contributed by atoms with Crippen LogP contribution in [-0.2, 0) is 6.54 Å². The second-order valence-electron chi connectivity index (χ2n) is 5.37. The van der Waals surface area contributed by atoms with Gasteiger partial charge >= 0.3 is 0 Å². The lowest BCUT2D eigenvalue weighted by Crippen LogP contribution is -2.40. The fraction of sp³-hybridized carbons (Fsp3) is 0.588. The van der Waals surface area contributed by atoms with Crippen LogP contribution in [0.2, 0.25) is 0 Å². The number of nitrogens with one attached hydrogen (secondary N) is 2. The first-order chi connectivity index (χ1) is 10.7. The largest absolute Gasteiger partial charge is 0.396 e. The van der Waals surface area contributed by atoms with Crippen molar-refractivity contribution in [2.45, 2.75) is 39.7 Å². The molecule has 0 saturated heterocycles. The van der Waals surface area contributed by atoms with Crippen LogP contribution < -0.4 is 10.6 Å². The van der Waals surface area contributed by atoms with E-state index in [2.05, 4.69) is 57.5 Å². The van der Waals surface area contributed by atoms with Gasteiger partial charge in [0, 0.05) is 24.2 Å². The van der Waals surface area contributed by atoms with Gasteiger partial charge in [-0.3, -0.25) is 0 Å². The van der Waals surface area contributed by atoms with Gasteiger partial charge in [0.1, 0.15) is 0 Å². The van der Waals surface area contributed by atoms with Crippen LogP contribution in [0.4, 0.5) is 0 Å². The van der Waals surface area contributed by atoms with Gasteiger partial charge < -0.3 is 15.7 Å². The zero-order chi connectivity index (χ0) is 16.2. The Bertz CT molecular complexity index is 428. The Morgan fingerprint density at radius 1 is 1.18 bits per heavy atom. The van der Waals surface area contributed by atoms with Crippen molar-refractivity contribution >= 4 is 21.9 Å². The Morgan fingerprint density at radius 3 is 2.50 bits per heavy atom. The van der Waals surface area contributed by atoms with Crippen molar-refractivity contribution < 1.29 is 5.11 Å². The Labute approximate surface area is 142 Å². The van der Waals surface area contributed by atoms with Crippen molar-refractivity contribution in [3.8, 4) is 0 Å². The maximum atomic E-state index is 9.13. The van der Waals surface area contributed by atoms with Crippen LogP contribution in [0.3, 0.4) is 0 Å². The number of benzene rings is 1. The first kappa shape index (κ1) is 19.0. The molecule has 0 spiro atoms. The molecule has 1 aromatic carbocycles. The minimum atomic E-state index is 0.249. The lowest BCUT2D eigenvalue weighted by Gasteiger charge is -2.18. The molecule has 22 heavy (non-hydrogen) atoms. The van der Waals surface area contributed by atoms with Crippen LogP contribution in [0, 0.1) is 5.92 Å². The molecule has 1 rings (SSSR count). The van der Waals surface area contributed by atoms with E-state index in [1.165, 1.54) is 5.56 Å². The molecule has 5 heteroatoms. The summed E-state index contributed by atoms with van der Waals surface area (Å²) >= 11 is 3.44. The van der Waals surface area contributed by atoms with E-state index in [-0.39, 0.29) is 6.61 Å². The highest BCUT2D eigenvalue weighted by molar-refractivity contribution is 9.10. The fourth-order valence-corrected chi connectivity index (χ4v) is 2.55. The number of rotatable bonds is 9. The molecule has 3 N–H and O–H groups in total. The Morgan fingerprint density at radius 2 is 1.91 bits per heavy atom. The summed E-state index contributed by atoms with van der Waals surface area (Å²) in [6.45, 7) is 6.83. The van der Waals surface area contributed by atoms with Crippen molar-refractivity contribution in [1.29, 1.82) is 0 Å². The normalized spacial score (nSPS) is 13.0. The highest BCUT2D eigenvalue weighted by Gasteiger charge is 2.08. The summed E-state index contributed by atoms with van der Waals surface area (Å²) in [5, 5.41) is 15.8. The van der Waals surface area contributed by atoms with Gasteiger partial charge in [-0.1, -0.05) is 41.4 Å². The number of aliphatic imine (C=N–C) groups is 1. The SMILES string of the molecule is CCCC(CCO)CNC(=NCc1ccc(Br)cc1)NCC. The van der Waals surface area contributed by atoms with E-state index in [9.17, 15) is 0 Å². The number of nitrogens with zero attached hydrogens (tertiary/aromatic N) is 1. The monoisotopic (exact) mass is 369 g/mol. The lowest BCUT2D eigenvalue weighted by atomic mass is 10.0. The summed E-state index contributed by atoms with van der Waals surface area (Å²) in [5.74, 6) is 1.33. The average molecular weight is 370 g/mol. The molecule has 0 amide bonds. The first-order valence-electron chi connectivity index (χ1n) is 8.07. The van der Waals surface area contributed by atoms with E-state index in [1.54, 1.807) is 0 Å². The molecular weight excluding hydrogens is 342 g/mol. The molecule has 124 valence electrons. The molecule has 0 aliphatic carbocycles. The van der Waals surface area contributed by atoms with Gasteiger partial charge in [-0.15, -0.1) is 0 Å². The van der Waals surface area contributed by atoms with Crippen molar-refractivity contribution in [3.63, 3.8) is 0 Å². The summed E-state index contributed by atoms with van der Waals surface area (Å²) in [4.78, 5) is 4.62. The molecule has 0 aromatic heterocycles.